The van der Waals surface area contributed by atoms with E-state index >= 15 is 0 Å². The normalized spacial score (nSPS) is 10.5. The van der Waals surface area contributed by atoms with Gasteiger partial charge in [-0.25, -0.2) is 0 Å². The SMILES string of the molecule is CCCCCCCNC(=O)CNc1ccc(NC(=O)C(C)C)cc1. The van der Waals surface area contributed by atoms with Crippen LogP contribution in [-0.4, -0.2) is 24.9 Å². The first-order chi connectivity index (χ1) is 11.5. The lowest BCUT2D eigenvalue weighted by atomic mass is 10.1. The van der Waals surface area contributed by atoms with Crippen LogP contribution in [0.25, 0.3) is 0 Å². The van der Waals surface area contributed by atoms with Gasteiger partial charge >= 0.3 is 0 Å². The van der Waals surface area contributed by atoms with Crippen molar-refractivity contribution in [2.75, 3.05) is 23.7 Å². The van der Waals surface area contributed by atoms with Crippen LogP contribution >= 0.6 is 0 Å². The molecule has 0 aliphatic heterocycles. The molecule has 0 unspecified atom stereocenters. The molecule has 0 saturated carbocycles. The number of carbonyl (C=O) groups is 2. The molecule has 0 atom stereocenters. The summed E-state index contributed by atoms with van der Waals surface area (Å²) >= 11 is 0. The second-order valence-electron chi connectivity index (χ2n) is 6.34. The van der Waals surface area contributed by atoms with Crippen molar-refractivity contribution < 1.29 is 9.59 Å². The molecular formula is C19H31N3O2. The number of benzene rings is 1. The molecule has 3 N–H and O–H groups in total. The summed E-state index contributed by atoms with van der Waals surface area (Å²) in [5.74, 6) is -0.0508. The molecule has 0 radical (unpaired) electrons. The Morgan fingerprint density at radius 1 is 0.958 bits per heavy atom. The van der Waals surface area contributed by atoms with Crippen LogP contribution in [0.5, 0.6) is 0 Å². The third-order valence-corrected chi connectivity index (χ3v) is 3.73. The van der Waals surface area contributed by atoms with Gasteiger partial charge in [-0.3, -0.25) is 9.59 Å². The minimum Gasteiger partial charge on any atom is -0.376 e. The summed E-state index contributed by atoms with van der Waals surface area (Å²) in [5, 5.41) is 8.84. The lowest BCUT2D eigenvalue weighted by Crippen LogP contribution is -2.30. The van der Waals surface area contributed by atoms with E-state index in [0.29, 0.717) is 0 Å². The smallest absolute Gasteiger partial charge is 0.239 e. The summed E-state index contributed by atoms with van der Waals surface area (Å²) in [7, 11) is 0. The Hall–Kier alpha value is -2.04. The lowest BCUT2D eigenvalue weighted by molar-refractivity contribution is -0.120. The van der Waals surface area contributed by atoms with E-state index in [0.717, 1.165) is 24.3 Å². The summed E-state index contributed by atoms with van der Waals surface area (Å²) in [5.41, 5.74) is 1.62. The molecule has 0 heterocycles. The number of rotatable bonds is 11. The maximum Gasteiger partial charge on any atom is 0.239 e. The Morgan fingerprint density at radius 3 is 2.21 bits per heavy atom. The van der Waals surface area contributed by atoms with Crippen molar-refractivity contribution in [2.24, 2.45) is 5.92 Å². The number of nitrogens with one attached hydrogen (secondary N) is 3. The minimum absolute atomic E-state index is 0.00248. The van der Waals surface area contributed by atoms with Crippen LogP contribution in [-0.2, 0) is 9.59 Å². The molecule has 1 aromatic rings. The third kappa shape index (κ3) is 8.56. The quantitative estimate of drug-likeness (QED) is 0.540. The van der Waals surface area contributed by atoms with Crippen LogP contribution in [0.4, 0.5) is 11.4 Å². The van der Waals surface area contributed by atoms with E-state index in [-0.39, 0.29) is 24.3 Å². The molecule has 0 aliphatic carbocycles. The summed E-state index contributed by atoms with van der Waals surface area (Å²) in [6.07, 6.45) is 5.95. The summed E-state index contributed by atoms with van der Waals surface area (Å²) < 4.78 is 0. The molecule has 134 valence electrons. The molecule has 0 aromatic heterocycles. The van der Waals surface area contributed by atoms with Gasteiger partial charge in [0.05, 0.1) is 6.54 Å². The van der Waals surface area contributed by atoms with Crippen LogP contribution in [0.15, 0.2) is 24.3 Å². The Balaban J connectivity index is 2.22. The van der Waals surface area contributed by atoms with Crippen molar-refractivity contribution in [3.8, 4) is 0 Å². The van der Waals surface area contributed by atoms with Crippen molar-refractivity contribution in [1.29, 1.82) is 0 Å². The molecule has 5 nitrogen and oxygen atoms in total. The van der Waals surface area contributed by atoms with Gasteiger partial charge in [0.1, 0.15) is 0 Å². The zero-order valence-electron chi connectivity index (χ0n) is 15.2. The highest BCUT2D eigenvalue weighted by molar-refractivity contribution is 5.92. The fraction of sp³-hybridized carbons (Fsp3) is 0.579. The summed E-state index contributed by atoms with van der Waals surface area (Å²) in [6.45, 7) is 6.90. The molecule has 0 fully saturated rings. The van der Waals surface area contributed by atoms with Gasteiger partial charge in [0.25, 0.3) is 0 Å². The Morgan fingerprint density at radius 2 is 1.58 bits per heavy atom. The zero-order valence-corrected chi connectivity index (χ0v) is 15.2. The fourth-order valence-corrected chi connectivity index (χ4v) is 2.16. The second kappa shape index (κ2) is 11.5. The Labute approximate surface area is 145 Å². The van der Waals surface area contributed by atoms with Crippen molar-refractivity contribution in [3.05, 3.63) is 24.3 Å². The van der Waals surface area contributed by atoms with E-state index in [9.17, 15) is 9.59 Å². The van der Waals surface area contributed by atoms with E-state index in [4.69, 9.17) is 0 Å². The molecule has 1 rings (SSSR count). The molecule has 1 aromatic carbocycles. The standard InChI is InChI=1S/C19H31N3O2/c1-4-5-6-7-8-13-20-18(23)14-21-16-9-11-17(12-10-16)22-19(24)15(2)3/h9-12,15,21H,4-8,13-14H2,1-3H3,(H,20,23)(H,22,24). The minimum atomic E-state index is -0.0477. The number of carbonyl (C=O) groups excluding carboxylic acids is 2. The lowest BCUT2D eigenvalue weighted by Gasteiger charge is -2.10. The summed E-state index contributed by atoms with van der Waals surface area (Å²) in [6, 6.07) is 7.37. The average Bonchev–Trinajstić information content (AvgIpc) is 2.57. The van der Waals surface area contributed by atoms with Crippen molar-refractivity contribution in [3.63, 3.8) is 0 Å². The number of hydrogen-bond acceptors (Lipinski definition) is 3. The molecule has 5 heteroatoms. The first-order valence-electron chi connectivity index (χ1n) is 8.94. The van der Waals surface area contributed by atoms with Crippen LogP contribution < -0.4 is 16.0 Å². The first-order valence-corrected chi connectivity index (χ1v) is 8.94. The number of hydrogen-bond donors (Lipinski definition) is 3. The highest BCUT2D eigenvalue weighted by Gasteiger charge is 2.07. The van der Waals surface area contributed by atoms with Crippen LogP contribution in [0, 0.1) is 5.92 Å². The maximum absolute atomic E-state index is 11.8. The van der Waals surface area contributed by atoms with Crippen molar-refractivity contribution in [1.82, 2.24) is 5.32 Å². The van der Waals surface area contributed by atoms with E-state index in [1.807, 2.05) is 38.1 Å². The van der Waals surface area contributed by atoms with Crippen LogP contribution in [0.2, 0.25) is 0 Å². The topological polar surface area (TPSA) is 70.2 Å². The highest BCUT2D eigenvalue weighted by Crippen LogP contribution is 2.14. The first kappa shape index (κ1) is 20.0. The number of unbranched alkanes of at least 4 members (excludes halogenated alkanes) is 4. The van der Waals surface area contributed by atoms with Gasteiger partial charge in [0.15, 0.2) is 0 Å². The predicted molar refractivity (Wildman–Crippen MR) is 100 cm³/mol. The molecule has 0 saturated heterocycles. The van der Waals surface area contributed by atoms with Crippen LogP contribution in [0.3, 0.4) is 0 Å². The Kier molecular flexibility index (Phi) is 9.58. The maximum atomic E-state index is 11.8. The average molecular weight is 333 g/mol. The molecular weight excluding hydrogens is 302 g/mol. The third-order valence-electron chi connectivity index (χ3n) is 3.73. The van der Waals surface area contributed by atoms with E-state index in [1.54, 1.807) is 0 Å². The van der Waals surface area contributed by atoms with Gasteiger partial charge in [-0.15, -0.1) is 0 Å². The van der Waals surface area contributed by atoms with Gasteiger partial charge in [0, 0.05) is 23.8 Å². The fourth-order valence-electron chi connectivity index (χ4n) is 2.16. The zero-order chi connectivity index (χ0) is 17.8. The predicted octanol–water partition coefficient (Wildman–Crippen LogP) is 3.78. The van der Waals surface area contributed by atoms with Gasteiger partial charge in [-0.05, 0) is 30.7 Å². The monoisotopic (exact) mass is 333 g/mol. The molecule has 0 bridgehead atoms. The summed E-state index contributed by atoms with van der Waals surface area (Å²) in [4.78, 5) is 23.4. The molecule has 0 aliphatic rings. The number of amides is 2. The van der Waals surface area contributed by atoms with Crippen molar-refractivity contribution >= 4 is 23.2 Å². The van der Waals surface area contributed by atoms with E-state index in [1.165, 1.54) is 25.7 Å². The van der Waals surface area contributed by atoms with E-state index in [2.05, 4.69) is 22.9 Å². The Bertz CT molecular complexity index is 498. The number of anilines is 2. The highest BCUT2D eigenvalue weighted by atomic mass is 16.2. The van der Waals surface area contributed by atoms with Gasteiger partial charge in [-0.1, -0.05) is 46.5 Å². The molecule has 0 spiro atoms. The van der Waals surface area contributed by atoms with Crippen LogP contribution in [0.1, 0.15) is 52.9 Å². The largest absolute Gasteiger partial charge is 0.376 e. The second-order valence-corrected chi connectivity index (χ2v) is 6.34. The molecule has 2 amide bonds. The van der Waals surface area contributed by atoms with Gasteiger partial charge in [0.2, 0.25) is 11.8 Å². The van der Waals surface area contributed by atoms with Gasteiger partial charge in [-0.2, -0.15) is 0 Å². The van der Waals surface area contributed by atoms with Crippen molar-refractivity contribution in [2.45, 2.75) is 52.9 Å². The molecule has 24 heavy (non-hydrogen) atoms. The van der Waals surface area contributed by atoms with Gasteiger partial charge < -0.3 is 16.0 Å². The van der Waals surface area contributed by atoms with E-state index < -0.39 is 0 Å².